The summed E-state index contributed by atoms with van der Waals surface area (Å²) in [6.07, 6.45) is 0. The van der Waals surface area contributed by atoms with Crippen LogP contribution in [0, 0.1) is 0 Å². The summed E-state index contributed by atoms with van der Waals surface area (Å²) in [5.74, 6) is 0.657. The predicted molar refractivity (Wildman–Crippen MR) is 190 cm³/mol. The Kier molecular flexibility index (Phi) is 6.28. The van der Waals surface area contributed by atoms with E-state index in [-0.39, 0.29) is 0 Å². The summed E-state index contributed by atoms with van der Waals surface area (Å²) in [5, 5.41) is 3.00. The fourth-order valence-electron chi connectivity index (χ4n) is 6.10. The third kappa shape index (κ3) is 4.66. The third-order valence-electron chi connectivity index (χ3n) is 8.34. The molecule has 4 nitrogen and oxygen atoms in total. The highest BCUT2D eigenvalue weighted by molar-refractivity contribution is 7.21. The van der Waals surface area contributed by atoms with Crippen LogP contribution in [0.25, 0.3) is 87.8 Å². The van der Waals surface area contributed by atoms with Crippen LogP contribution in [-0.2, 0) is 0 Å². The van der Waals surface area contributed by atoms with Crippen molar-refractivity contribution in [1.82, 2.24) is 15.0 Å². The van der Waals surface area contributed by atoms with Gasteiger partial charge in [0.2, 0.25) is 0 Å². The van der Waals surface area contributed by atoms with Gasteiger partial charge in [-0.2, -0.15) is 0 Å². The first-order valence-corrected chi connectivity index (χ1v) is 16.0. The van der Waals surface area contributed by atoms with Crippen molar-refractivity contribution < 1.29 is 4.42 Å². The second-order valence-corrected chi connectivity index (χ2v) is 12.3. The first-order chi connectivity index (χ1) is 22.8. The predicted octanol–water partition coefficient (Wildman–Crippen LogP) is 11.3. The van der Waals surface area contributed by atoms with Crippen molar-refractivity contribution in [2.75, 3.05) is 0 Å². The number of nitrogens with zero attached hydrogens (tertiary/aromatic N) is 3. The van der Waals surface area contributed by atoms with Gasteiger partial charge in [-0.1, -0.05) is 109 Å². The molecule has 0 saturated carbocycles. The van der Waals surface area contributed by atoms with Crippen LogP contribution in [-0.4, -0.2) is 15.0 Å². The maximum Gasteiger partial charge on any atom is 0.161 e. The minimum Gasteiger partial charge on any atom is -0.456 e. The molecule has 9 rings (SSSR count). The Bertz CT molecular complexity index is 2500. The molecule has 3 heterocycles. The molecule has 0 amide bonds. The molecular weight excluding hydrogens is 583 g/mol. The average Bonchev–Trinajstić information content (AvgIpc) is 3.74. The second-order valence-electron chi connectivity index (χ2n) is 11.3. The normalized spacial score (nSPS) is 11.5. The number of fused-ring (bicyclic) bond motifs is 4. The van der Waals surface area contributed by atoms with Crippen LogP contribution in [0.1, 0.15) is 0 Å². The van der Waals surface area contributed by atoms with Crippen molar-refractivity contribution >= 4 is 43.5 Å². The van der Waals surface area contributed by atoms with E-state index in [2.05, 4.69) is 109 Å². The van der Waals surface area contributed by atoms with E-state index in [1.165, 1.54) is 10.3 Å². The van der Waals surface area contributed by atoms with E-state index < -0.39 is 0 Å². The molecule has 0 spiro atoms. The molecule has 0 atom stereocenters. The van der Waals surface area contributed by atoms with E-state index >= 15 is 0 Å². The summed E-state index contributed by atoms with van der Waals surface area (Å²) < 4.78 is 7.64. The van der Waals surface area contributed by atoms with Gasteiger partial charge in [0, 0.05) is 33.0 Å². The first kappa shape index (κ1) is 26.5. The quantitative estimate of drug-likeness (QED) is 0.195. The maximum atomic E-state index is 6.47. The van der Waals surface area contributed by atoms with E-state index in [9.17, 15) is 0 Å². The third-order valence-corrected chi connectivity index (χ3v) is 9.43. The Morgan fingerprint density at radius 2 is 1.15 bits per heavy atom. The number of aromatic nitrogens is 3. The highest BCUT2D eigenvalue weighted by atomic mass is 32.1. The molecule has 0 bridgehead atoms. The Labute approximate surface area is 269 Å². The van der Waals surface area contributed by atoms with Gasteiger partial charge in [0.05, 0.1) is 21.6 Å². The van der Waals surface area contributed by atoms with E-state index in [0.717, 1.165) is 71.7 Å². The molecular formula is C41H25N3OS. The molecule has 5 heteroatoms. The molecule has 0 aliphatic rings. The standard InChI is InChI=1S/C41H25N3OS/c1-3-11-26(12-4-1)28-15-9-16-29(23-28)35-25-34(27-13-5-2-6-14-27)42-40(43-35)32-17-10-19-36-39(32)31-22-21-30(24-37(31)45-36)41-44-33-18-7-8-20-38(33)46-41/h1-25H. The van der Waals surface area contributed by atoms with Gasteiger partial charge in [-0.25, -0.2) is 15.0 Å². The molecule has 3 aromatic heterocycles. The summed E-state index contributed by atoms with van der Waals surface area (Å²) in [4.78, 5) is 15.2. The number of furan rings is 1. The number of thiazole rings is 1. The number of para-hydroxylation sites is 1. The minimum absolute atomic E-state index is 0.657. The van der Waals surface area contributed by atoms with Gasteiger partial charge in [0.15, 0.2) is 5.82 Å². The molecule has 6 aromatic carbocycles. The molecule has 0 aliphatic carbocycles. The summed E-state index contributed by atoms with van der Waals surface area (Å²) in [5.41, 5.74) is 10.7. The first-order valence-electron chi connectivity index (χ1n) is 15.2. The fourth-order valence-corrected chi connectivity index (χ4v) is 7.06. The molecule has 0 fully saturated rings. The average molecular weight is 608 g/mol. The van der Waals surface area contributed by atoms with Crippen LogP contribution in [0.3, 0.4) is 0 Å². The highest BCUT2D eigenvalue weighted by Gasteiger charge is 2.18. The smallest absolute Gasteiger partial charge is 0.161 e. The molecule has 0 N–H and O–H groups in total. The lowest BCUT2D eigenvalue weighted by Crippen LogP contribution is -1.96. The lowest BCUT2D eigenvalue weighted by molar-refractivity contribution is 0.669. The fraction of sp³-hybridized carbons (Fsp3) is 0. The second kappa shape index (κ2) is 10.9. The number of hydrogen-bond donors (Lipinski definition) is 0. The van der Waals surface area contributed by atoms with Gasteiger partial charge in [0.1, 0.15) is 16.2 Å². The van der Waals surface area contributed by atoms with Gasteiger partial charge in [-0.3, -0.25) is 0 Å². The van der Waals surface area contributed by atoms with Crippen LogP contribution < -0.4 is 0 Å². The summed E-state index contributed by atoms with van der Waals surface area (Å²) in [6.45, 7) is 0. The molecule has 0 radical (unpaired) electrons. The lowest BCUT2D eigenvalue weighted by atomic mass is 10.00. The molecule has 0 saturated heterocycles. The van der Waals surface area contributed by atoms with Crippen molar-refractivity contribution in [3.05, 3.63) is 152 Å². The Hall–Kier alpha value is -5.91. The minimum atomic E-state index is 0.657. The van der Waals surface area contributed by atoms with E-state index in [1.807, 2.05) is 42.5 Å². The number of hydrogen-bond acceptors (Lipinski definition) is 5. The molecule has 9 aromatic rings. The zero-order valence-electron chi connectivity index (χ0n) is 24.6. The van der Waals surface area contributed by atoms with E-state index in [4.69, 9.17) is 19.4 Å². The van der Waals surface area contributed by atoms with Gasteiger partial charge < -0.3 is 4.42 Å². The van der Waals surface area contributed by atoms with E-state index in [1.54, 1.807) is 11.3 Å². The largest absolute Gasteiger partial charge is 0.456 e. The van der Waals surface area contributed by atoms with Crippen molar-refractivity contribution in [2.24, 2.45) is 0 Å². The van der Waals surface area contributed by atoms with Gasteiger partial charge in [-0.05, 0) is 53.6 Å². The van der Waals surface area contributed by atoms with Crippen molar-refractivity contribution in [3.8, 4) is 55.6 Å². The van der Waals surface area contributed by atoms with Gasteiger partial charge in [-0.15, -0.1) is 11.3 Å². The Morgan fingerprint density at radius 3 is 1.98 bits per heavy atom. The Balaban J connectivity index is 1.21. The maximum absolute atomic E-state index is 6.47. The summed E-state index contributed by atoms with van der Waals surface area (Å²) in [6, 6.07) is 52.1. The van der Waals surface area contributed by atoms with Crippen LogP contribution in [0.4, 0.5) is 0 Å². The van der Waals surface area contributed by atoms with Crippen LogP contribution >= 0.6 is 11.3 Å². The van der Waals surface area contributed by atoms with Crippen LogP contribution in [0.15, 0.2) is 156 Å². The van der Waals surface area contributed by atoms with E-state index in [0.29, 0.717) is 5.82 Å². The monoisotopic (exact) mass is 607 g/mol. The topological polar surface area (TPSA) is 51.8 Å². The summed E-state index contributed by atoms with van der Waals surface area (Å²) in [7, 11) is 0. The van der Waals surface area contributed by atoms with Crippen LogP contribution in [0.2, 0.25) is 0 Å². The van der Waals surface area contributed by atoms with Gasteiger partial charge >= 0.3 is 0 Å². The zero-order chi connectivity index (χ0) is 30.5. The van der Waals surface area contributed by atoms with Crippen molar-refractivity contribution in [1.29, 1.82) is 0 Å². The summed E-state index contributed by atoms with van der Waals surface area (Å²) >= 11 is 1.69. The Morgan fingerprint density at radius 1 is 0.457 bits per heavy atom. The van der Waals surface area contributed by atoms with Crippen molar-refractivity contribution in [2.45, 2.75) is 0 Å². The van der Waals surface area contributed by atoms with Gasteiger partial charge in [0.25, 0.3) is 0 Å². The number of rotatable bonds is 5. The lowest BCUT2D eigenvalue weighted by Gasteiger charge is -2.11. The van der Waals surface area contributed by atoms with Crippen LogP contribution in [0.5, 0.6) is 0 Å². The number of benzene rings is 6. The molecule has 0 aliphatic heterocycles. The SMILES string of the molecule is c1ccc(-c2cccc(-c3cc(-c4ccccc4)nc(-c4cccc5oc6cc(-c7nc8ccccc8s7)ccc6c45)n3)c2)cc1. The molecule has 0 unspecified atom stereocenters. The zero-order valence-corrected chi connectivity index (χ0v) is 25.4. The molecule has 46 heavy (non-hydrogen) atoms. The molecule has 216 valence electrons. The highest BCUT2D eigenvalue weighted by Crippen LogP contribution is 2.40. The van der Waals surface area contributed by atoms with Crippen molar-refractivity contribution in [3.63, 3.8) is 0 Å².